The van der Waals surface area contributed by atoms with Crippen molar-refractivity contribution in [3.63, 3.8) is 0 Å². The molecule has 2 aliphatic carbocycles. The van der Waals surface area contributed by atoms with Gasteiger partial charge in [-0.25, -0.2) is 0 Å². The molecule has 1 aromatic rings. The van der Waals surface area contributed by atoms with Crippen molar-refractivity contribution in [2.24, 2.45) is 0 Å². The molecule has 2 saturated carbocycles. The van der Waals surface area contributed by atoms with Crippen molar-refractivity contribution in [1.29, 1.82) is 0 Å². The van der Waals surface area contributed by atoms with E-state index in [0.717, 1.165) is 17.9 Å². The molecule has 0 aliphatic heterocycles. The molecule has 1 heteroatoms. The summed E-state index contributed by atoms with van der Waals surface area (Å²) in [7, 11) is 2.12. The van der Waals surface area contributed by atoms with Gasteiger partial charge in [0.15, 0.2) is 0 Å². The molecule has 0 spiro atoms. The van der Waals surface area contributed by atoms with Crippen LogP contribution in [0, 0.1) is 0 Å². The minimum Gasteiger partial charge on any atom is -0.317 e. The summed E-state index contributed by atoms with van der Waals surface area (Å²) in [5.74, 6) is 1.64. The molecule has 104 valence electrons. The van der Waals surface area contributed by atoms with Crippen LogP contribution in [0.25, 0.3) is 0 Å². The summed E-state index contributed by atoms with van der Waals surface area (Å²) in [6, 6.07) is 10.2. The number of hydrogen-bond acceptors (Lipinski definition) is 1. The summed E-state index contributed by atoms with van der Waals surface area (Å²) in [5, 5.41) is 3.50. The van der Waals surface area contributed by atoms with Crippen LogP contribution in [-0.4, -0.2) is 13.1 Å². The van der Waals surface area contributed by atoms with Gasteiger partial charge >= 0.3 is 0 Å². The quantitative estimate of drug-likeness (QED) is 0.781. The summed E-state index contributed by atoms with van der Waals surface area (Å²) in [6.45, 7) is 0. The van der Waals surface area contributed by atoms with Gasteiger partial charge in [0.2, 0.25) is 0 Å². The molecule has 1 N–H and O–H groups in total. The van der Waals surface area contributed by atoms with Gasteiger partial charge in [0.25, 0.3) is 0 Å². The maximum atomic E-state index is 3.50. The van der Waals surface area contributed by atoms with Crippen LogP contribution in [0.15, 0.2) is 24.3 Å². The highest BCUT2D eigenvalue weighted by molar-refractivity contribution is 5.30. The van der Waals surface area contributed by atoms with Crippen molar-refractivity contribution in [2.45, 2.75) is 69.2 Å². The first-order valence-electron chi connectivity index (χ1n) is 8.14. The van der Waals surface area contributed by atoms with E-state index in [1.54, 1.807) is 11.1 Å². The number of benzene rings is 1. The van der Waals surface area contributed by atoms with Crippen LogP contribution in [-0.2, 0) is 0 Å². The van der Waals surface area contributed by atoms with Crippen LogP contribution < -0.4 is 5.32 Å². The first-order valence-corrected chi connectivity index (χ1v) is 8.14. The predicted octanol–water partition coefficient (Wildman–Crippen LogP) is 4.59. The first kappa shape index (κ1) is 13.2. The van der Waals surface area contributed by atoms with Crippen molar-refractivity contribution in [1.82, 2.24) is 5.32 Å². The van der Waals surface area contributed by atoms with Crippen LogP contribution >= 0.6 is 0 Å². The molecule has 0 bridgehead atoms. The van der Waals surface area contributed by atoms with E-state index in [1.165, 1.54) is 51.4 Å². The molecule has 3 rings (SSSR count). The molecule has 2 aliphatic rings. The Morgan fingerprint density at radius 1 is 0.895 bits per heavy atom. The molecule has 0 aromatic heterocycles. The summed E-state index contributed by atoms with van der Waals surface area (Å²) in [6.07, 6.45) is 11.1. The minimum absolute atomic E-state index is 0.722. The summed E-state index contributed by atoms with van der Waals surface area (Å²) < 4.78 is 0. The molecule has 2 atom stereocenters. The number of hydrogen-bond donors (Lipinski definition) is 1. The molecule has 1 nitrogen and oxygen atoms in total. The molecule has 0 heterocycles. The molecule has 0 amide bonds. The normalized spacial score (nSPS) is 28.7. The third-order valence-electron chi connectivity index (χ3n) is 5.29. The lowest BCUT2D eigenvalue weighted by atomic mass is 9.78. The maximum Gasteiger partial charge on any atom is 0.00698 e. The van der Waals surface area contributed by atoms with Gasteiger partial charge in [0.1, 0.15) is 0 Å². The van der Waals surface area contributed by atoms with Gasteiger partial charge < -0.3 is 5.32 Å². The van der Waals surface area contributed by atoms with Crippen LogP contribution in [0.1, 0.15) is 74.3 Å². The van der Waals surface area contributed by atoms with Crippen molar-refractivity contribution >= 4 is 0 Å². The molecular formula is C18H27N. The lowest BCUT2D eigenvalue weighted by Crippen LogP contribution is -2.25. The van der Waals surface area contributed by atoms with E-state index in [-0.39, 0.29) is 0 Å². The highest BCUT2D eigenvalue weighted by Gasteiger charge is 2.23. The SMILES string of the molecule is CNC1CCCCC(c2cccc(C3CCC3)c2)C1. The molecule has 19 heavy (non-hydrogen) atoms. The van der Waals surface area contributed by atoms with Crippen molar-refractivity contribution in [3.8, 4) is 0 Å². The average molecular weight is 257 g/mol. The highest BCUT2D eigenvalue weighted by Crippen LogP contribution is 2.38. The van der Waals surface area contributed by atoms with E-state index in [9.17, 15) is 0 Å². The lowest BCUT2D eigenvalue weighted by molar-refractivity contribution is 0.418. The average Bonchev–Trinajstić information content (AvgIpc) is 2.62. The second-order valence-electron chi connectivity index (χ2n) is 6.50. The third kappa shape index (κ3) is 3.02. The van der Waals surface area contributed by atoms with Gasteiger partial charge in [-0.1, -0.05) is 43.5 Å². The molecule has 1 aromatic carbocycles. The van der Waals surface area contributed by atoms with E-state index in [4.69, 9.17) is 0 Å². The zero-order valence-corrected chi connectivity index (χ0v) is 12.2. The largest absolute Gasteiger partial charge is 0.317 e. The standard InChI is InChI=1S/C18H27N/c1-19-18-11-3-2-6-17(13-18)16-10-5-9-15(12-16)14-7-4-8-14/h5,9-10,12,14,17-19H,2-4,6-8,11,13H2,1H3. The molecule has 0 radical (unpaired) electrons. The van der Waals surface area contributed by atoms with E-state index in [1.807, 2.05) is 0 Å². The fourth-order valence-corrected chi connectivity index (χ4v) is 3.73. The van der Waals surface area contributed by atoms with E-state index < -0.39 is 0 Å². The van der Waals surface area contributed by atoms with Crippen LogP contribution in [0.5, 0.6) is 0 Å². The fourth-order valence-electron chi connectivity index (χ4n) is 3.73. The monoisotopic (exact) mass is 257 g/mol. The molecule has 2 fully saturated rings. The van der Waals surface area contributed by atoms with Crippen molar-refractivity contribution in [2.75, 3.05) is 7.05 Å². The smallest absolute Gasteiger partial charge is 0.00698 e. The predicted molar refractivity (Wildman–Crippen MR) is 81.7 cm³/mol. The Morgan fingerprint density at radius 3 is 2.26 bits per heavy atom. The Balaban J connectivity index is 1.75. The van der Waals surface area contributed by atoms with Crippen LogP contribution in [0.3, 0.4) is 0 Å². The number of nitrogens with one attached hydrogen (secondary N) is 1. The van der Waals surface area contributed by atoms with Crippen molar-refractivity contribution in [3.05, 3.63) is 35.4 Å². The van der Waals surface area contributed by atoms with Gasteiger partial charge in [0.05, 0.1) is 0 Å². The van der Waals surface area contributed by atoms with Gasteiger partial charge in [-0.15, -0.1) is 0 Å². The molecule has 2 unspecified atom stereocenters. The Hall–Kier alpha value is -0.820. The second kappa shape index (κ2) is 6.09. The van der Waals surface area contributed by atoms with Gasteiger partial charge in [-0.2, -0.15) is 0 Å². The first-order chi connectivity index (χ1) is 9.36. The van der Waals surface area contributed by atoms with E-state index in [0.29, 0.717) is 0 Å². The highest BCUT2D eigenvalue weighted by atomic mass is 14.9. The van der Waals surface area contributed by atoms with Crippen LogP contribution in [0.4, 0.5) is 0 Å². The minimum atomic E-state index is 0.722. The van der Waals surface area contributed by atoms with Gasteiger partial charge in [0, 0.05) is 6.04 Å². The molecular weight excluding hydrogens is 230 g/mol. The van der Waals surface area contributed by atoms with Gasteiger partial charge in [-0.05, 0) is 62.1 Å². The summed E-state index contributed by atoms with van der Waals surface area (Å²) >= 11 is 0. The fraction of sp³-hybridized carbons (Fsp3) is 0.667. The van der Waals surface area contributed by atoms with Gasteiger partial charge in [-0.3, -0.25) is 0 Å². The lowest BCUT2D eigenvalue weighted by Gasteiger charge is -2.27. The van der Waals surface area contributed by atoms with E-state index in [2.05, 4.69) is 36.6 Å². The zero-order chi connectivity index (χ0) is 13.1. The molecule has 0 saturated heterocycles. The van der Waals surface area contributed by atoms with Crippen LogP contribution in [0.2, 0.25) is 0 Å². The van der Waals surface area contributed by atoms with Crippen molar-refractivity contribution < 1.29 is 0 Å². The Kier molecular flexibility index (Phi) is 4.22. The zero-order valence-electron chi connectivity index (χ0n) is 12.2. The topological polar surface area (TPSA) is 12.0 Å². The van der Waals surface area contributed by atoms with E-state index >= 15 is 0 Å². The second-order valence-corrected chi connectivity index (χ2v) is 6.50. The third-order valence-corrected chi connectivity index (χ3v) is 5.29. The summed E-state index contributed by atoms with van der Waals surface area (Å²) in [5.41, 5.74) is 3.21. The summed E-state index contributed by atoms with van der Waals surface area (Å²) in [4.78, 5) is 0. The Morgan fingerprint density at radius 2 is 1.58 bits per heavy atom. The maximum absolute atomic E-state index is 3.50. The number of rotatable bonds is 3. The Labute approximate surface area is 117 Å². The Bertz CT molecular complexity index is 408.